The van der Waals surface area contributed by atoms with E-state index in [1.54, 1.807) is 13.0 Å². The van der Waals surface area contributed by atoms with Gasteiger partial charge in [0.25, 0.3) is 5.69 Å². The average molecular weight is 288 g/mol. The van der Waals surface area contributed by atoms with Gasteiger partial charge in [-0.1, -0.05) is 12.1 Å². The average Bonchev–Trinajstić information content (AvgIpc) is 2.66. The fourth-order valence-corrected chi connectivity index (χ4v) is 2.72. The second kappa shape index (κ2) is 5.65. The molecule has 6 heteroatoms. The summed E-state index contributed by atoms with van der Waals surface area (Å²) in [5.74, 6) is 0. The molecule has 0 bridgehead atoms. The Morgan fingerprint density at radius 3 is 2.57 bits per heavy atom. The van der Waals surface area contributed by atoms with Gasteiger partial charge in [0.15, 0.2) is 0 Å². The first kappa shape index (κ1) is 15.2. The zero-order valence-electron chi connectivity index (χ0n) is 12.8. The van der Waals surface area contributed by atoms with E-state index in [-0.39, 0.29) is 16.7 Å². The summed E-state index contributed by atoms with van der Waals surface area (Å²) in [6, 6.07) is 5.04. The second-order valence-electron chi connectivity index (χ2n) is 5.35. The van der Waals surface area contributed by atoms with E-state index in [9.17, 15) is 10.1 Å². The number of hydrogen-bond acceptors (Lipinski definition) is 4. The molecule has 1 unspecified atom stereocenters. The second-order valence-corrected chi connectivity index (χ2v) is 5.35. The fourth-order valence-electron chi connectivity index (χ4n) is 2.72. The van der Waals surface area contributed by atoms with Crippen LogP contribution in [0.15, 0.2) is 18.2 Å². The zero-order valence-corrected chi connectivity index (χ0v) is 12.8. The van der Waals surface area contributed by atoms with E-state index < -0.39 is 0 Å². The van der Waals surface area contributed by atoms with E-state index in [1.807, 2.05) is 31.5 Å². The quantitative estimate of drug-likeness (QED) is 0.692. The third-order valence-corrected chi connectivity index (χ3v) is 3.83. The predicted octanol–water partition coefficient (Wildman–Crippen LogP) is 2.78. The van der Waals surface area contributed by atoms with Crippen LogP contribution in [0.4, 0.5) is 5.69 Å². The minimum absolute atomic E-state index is 0.0787. The van der Waals surface area contributed by atoms with Gasteiger partial charge < -0.3 is 5.73 Å². The van der Waals surface area contributed by atoms with E-state index in [0.29, 0.717) is 12.1 Å². The number of aryl methyl sites for hydroxylation is 1. The molecule has 0 aliphatic carbocycles. The number of nitro groups is 1. The first-order chi connectivity index (χ1) is 9.82. The number of nitrogens with zero attached hydrogens (tertiary/aromatic N) is 3. The number of hydrogen-bond donors (Lipinski definition) is 1. The standard InChI is InChI=1S/C15H20N4O2/c1-9-13(6-5-7-14(9)19(20)21)8-18-12(4)15(10(2)16)11(3)17-18/h5-7,10H,8,16H2,1-4H3. The molecule has 0 aliphatic rings. The van der Waals surface area contributed by atoms with Crippen LogP contribution >= 0.6 is 0 Å². The van der Waals surface area contributed by atoms with Gasteiger partial charge in [0.2, 0.25) is 0 Å². The highest BCUT2D eigenvalue weighted by Gasteiger charge is 2.17. The third kappa shape index (κ3) is 2.80. The third-order valence-electron chi connectivity index (χ3n) is 3.83. The smallest absolute Gasteiger partial charge is 0.272 e. The van der Waals surface area contributed by atoms with E-state index in [2.05, 4.69) is 5.10 Å². The number of nitrogens with two attached hydrogens (primary N) is 1. The molecule has 21 heavy (non-hydrogen) atoms. The summed E-state index contributed by atoms with van der Waals surface area (Å²) in [5.41, 5.74) is 10.6. The highest BCUT2D eigenvalue weighted by Crippen LogP contribution is 2.24. The topological polar surface area (TPSA) is 87.0 Å². The van der Waals surface area contributed by atoms with Gasteiger partial charge in [0.05, 0.1) is 17.2 Å². The van der Waals surface area contributed by atoms with Crippen LogP contribution in [0.2, 0.25) is 0 Å². The van der Waals surface area contributed by atoms with Crippen LogP contribution in [0.3, 0.4) is 0 Å². The number of aromatic nitrogens is 2. The molecule has 0 fully saturated rings. The lowest BCUT2D eigenvalue weighted by atomic mass is 10.1. The summed E-state index contributed by atoms with van der Waals surface area (Å²) in [4.78, 5) is 10.7. The Morgan fingerprint density at radius 2 is 2.05 bits per heavy atom. The van der Waals surface area contributed by atoms with Crippen molar-refractivity contribution in [3.63, 3.8) is 0 Å². The Labute approximate surface area is 123 Å². The lowest BCUT2D eigenvalue weighted by molar-refractivity contribution is -0.385. The van der Waals surface area contributed by atoms with Gasteiger partial charge in [-0.3, -0.25) is 14.8 Å². The largest absolute Gasteiger partial charge is 0.324 e. The summed E-state index contributed by atoms with van der Waals surface area (Å²) in [6.45, 7) is 8.12. The number of rotatable bonds is 4. The molecule has 0 amide bonds. The normalized spacial score (nSPS) is 12.4. The lowest BCUT2D eigenvalue weighted by Gasteiger charge is -2.10. The molecular weight excluding hydrogens is 268 g/mol. The van der Waals surface area contributed by atoms with Crippen molar-refractivity contribution in [1.82, 2.24) is 9.78 Å². The Morgan fingerprint density at radius 1 is 1.38 bits per heavy atom. The van der Waals surface area contributed by atoms with Crippen molar-refractivity contribution < 1.29 is 4.92 Å². The van der Waals surface area contributed by atoms with Crippen LogP contribution in [0.1, 0.15) is 41.0 Å². The van der Waals surface area contributed by atoms with E-state index >= 15 is 0 Å². The Kier molecular flexibility index (Phi) is 4.09. The predicted molar refractivity (Wildman–Crippen MR) is 81.2 cm³/mol. The molecule has 1 aromatic carbocycles. The fraction of sp³-hybridized carbons (Fsp3) is 0.400. The van der Waals surface area contributed by atoms with Crippen molar-refractivity contribution in [3.05, 3.63) is 56.4 Å². The first-order valence-corrected chi connectivity index (χ1v) is 6.85. The lowest BCUT2D eigenvalue weighted by Crippen LogP contribution is -2.09. The van der Waals surface area contributed by atoms with Gasteiger partial charge in [0.1, 0.15) is 0 Å². The highest BCUT2D eigenvalue weighted by atomic mass is 16.6. The van der Waals surface area contributed by atoms with E-state index in [1.165, 1.54) is 6.07 Å². The van der Waals surface area contributed by atoms with Crippen molar-refractivity contribution in [2.75, 3.05) is 0 Å². The van der Waals surface area contributed by atoms with Crippen molar-refractivity contribution in [1.29, 1.82) is 0 Å². The summed E-state index contributed by atoms with van der Waals surface area (Å²) in [5, 5.41) is 15.5. The molecule has 2 rings (SSSR count). The highest BCUT2D eigenvalue weighted by molar-refractivity contribution is 5.44. The molecule has 1 heterocycles. The monoisotopic (exact) mass is 288 g/mol. The van der Waals surface area contributed by atoms with Gasteiger partial charge in [-0.25, -0.2) is 0 Å². The summed E-state index contributed by atoms with van der Waals surface area (Å²) < 4.78 is 1.86. The Balaban J connectivity index is 2.42. The van der Waals surface area contributed by atoms with Crippen LogP contribution in [-0.4, -0.2) is 14.7 Å². The van der Waals surface area contributed by atoms with E-state index in [0.717, 1.165) is 22.5 Å². The van der Waals surface area contributed by atoms with Crippen molar-refractivity contribution in [3.8, 4) is 0 Å². The molecule has 0 saturated carbocycles. The van der Waals surface area contributed by atoms with Crippen molar-refractivity contribution in [2.24, 2.45) is 5.73 Å². The van der Waals surface area contributed by atoms with Crippen LogP contribution in [-0.2, 0) is 6.54 Å². The molecule has 0 saturated heterocycles. The first-order valence-electron chi connectivity index (χ1n) is 6.85. The van der Waals surface area contributed by atoms with Crippen LogP contribution in [0.5, 0.6) is 0 Å². The Bertz CT molecular complexity index is 689. The molecule has 6 nitrogen and oxygen atoms in total. The van der Waals surface area contributed by atoms with Gasteiger partial charge in [-0.2, -0.15) is 5.10 Å². The molecule has 1 atom stereocenters. The summed E-state index contributed by atoms with van der Waals surface area (Å²) >= 11 is 0. The molecular formula is C15H20N4O2. The molecule has 0 radical (unpaired) electrons. The summed E-state index contributed by atoms with van der Waals surface area (Å²) in [7, 11) is 0. The Hall–Kier alpha value is -2.21. The van der Waals surface area contributed by atoms with Gasteiger partial charge >= 0.3 is 0 Å². The maximum absolute atomic E-state index is 11.0. The van der Waals surface area contributed by atoms with Gasteiger partial charge in [0, 0.05) is 28.9 Å². The molecule has 2 N–H and O–H groups in total. The minimum atomic E-state index is -0.354. The molecule has 112 valence electrons. The SMILES string of the molecule is Cc1nn(Cc2cccc([N+](=O)[O-])c2C)c(C)c1C(C)N. The zero-order chi connectivity index (χ0) is 15.7. The van der Waals surface area contributed by atoms with Crippen LogP contribution < -0.4 is 5.73 Å². The minimum Gasteiger partial charge on any atom is -0.324 e. The maximum Gasteiger partial charge on any atom is 0.272 e. The summed E-state index contributed by atoms with van der Waals surface area (Å²) in [6.07, 6.45) is 0. The van der Waals surface area contributed by atoms with Crippen LogP contribution in [0.25, 0.3) is 0 Å². The van der Waals surface area contributed by atoms with E-state index in [4.69, 9.17) is 5.73 Å². The van der Waals surface area contributed by atoms with Crippen LogP contribution in [0, 0.1) is 30.9 Å². The molecule has 0 spiro atoms. The molecule has 1 aromatic heterocycles. The molecule has 2 aromatic rings. The van der Waals surface area contributed by atoms with Gasteiger partial charge in [-0.15, -0.1) is 0 Å². The molecule has 0 aliphatic heterocycles. The number of benzene rings is 1. The van der Waals surface area contributed by atoms with Crippen molar-refractivity contribution >= 4 is 5.69 Å². The van der Waals surface area contributed by atoms with Crippen molar-refractivity contribution in [2.45, 2.75) is 40.3 Å². The maximum atomic E-state index is 11.0. The van der Waals surface area contributed by atoms with Gasteiger partial charge in [-0.05, 0) is 33.3 Å². The number of nitro benzene ring substituents is 1.